The highest BCUT2D eigenvalue weighted by Crippen LogP contribution is 2.04. The number of nitrogens with two attached hydrogens (primary N) is 1. The lowest BCUT2D eigenvalue weighted by Crippen LogP contribution is -2.19. The highest BCUT2D eigenvalue weighted by atomic mass is 16.1. The van der Waals surface area contributed by atoms with Crippen LogP contribution in [0.5, 0.6) is 0 Å². The highest BCUT2D eigenvalue weighted by Gasteiger charge is 2.06. The van der Waals surface area contributed by atoms with E-state index in [2.05, 4.69) is 16.4 Å². The molecule has 4 nitrogen and oxygen atoms in total. The summed E-state index contributed by atoms with van der Waals surface area (Å²) in [6, 6.07) is 4.23. The summed E-state index contributed by atoms with van der Waals surface area (Å²) in [5.41, 5.74) is 5.68. The molecule has 0 atom stereocenters. The van der Waals surface area contributed by atoms with Crippen molar-refractivity contribution in [2.75, 3.05) is 12.8 Å². The number of amides is 1. The van der Waals surface area contributed by atoms with Crippen molar-refractivity contribution in [2.24, 2.45) is 0 Å². The van der Waals surface area contributed by atoms with Gasteiger partial charge in [0.25, 0.3) is 5.91 Å². The number of nitrogens with one attached hydrogen (secondary N) is 1. The van der Waals surface area contributed by atoms with E-state index in [4.69, 9.17) is 5.73 Å². The van der Waals surface area contributed by atoms with Crippen molar-refractivity contribution in [3.05, 3.63) is 23.9 Å². The molecule has 0 spiro atoms. The number of aromatic nitrogens is 1. The quantitative estimate of drug-likeness (QED) is 0.583. The summed E-state index contributed by atoms with van der Waals surface area (Å²) >= 11 is 0. The van der Waals surface area contributed by atoms with Crippen LogP contribution in [0.15, 0.2) is 12.3 Å². The Kier molecular flexibility index (Phi) is 2.06. The molecule has 1 aromatic rings. The van der Waals surface area contributed by atoms with Crippen molar-refractivity contribution in [1.29, 1.82) is 0 Å². The number of nitrogens with zero attached hydrogens (tertiary/aromatic N) is 1. The average Bonchev–Trinajstić information content (AvgIpc) is 2.04. The Hall–Kier alpha value is -1.58. The Bertz CT molecular complexity index is 272. The SMILES string of the molecule is CNC(=O)c1[c]ccnc1N. The lowest BCUT2D eigenvalue weighted by Gasteiger charge is -2.00. The fraction of sp³-hybridized carbons (Fsp3) is 0.143. The number of nitrogen functional groups attached to an aromatic ring is 1. The number of rotatable bonds is 1. The minimum atomic E-state index is -0.268. The zero-order valence-corrected chi connectivity index (χ0v) is 6.09. The average molecular weight is 150 g/mol. The van der Waals surface area contributed by atoms with E-state index in [0.29, 0.717) is 0 Å². The number of pyridine rings is 1. The maximum absolute atomic E-state index is 11.0. The predicted octanol–water partition coefficient (Wildman–Crippen LogP) is -0.176. The standard InChI is InChI=1S/C7H8N3O/c1-9-7(11)5-3-2-4-10-6(5)8/h2,4H,1H3,(H2,8,10)(H,9,11). The van der Waals surface area contributed by atoms with Crippen LogP contribution in [0.4, 0.5) is 5.82 Å². The summed E-state index contributed by atoms with van der Waals surface area (Å²) in [7, 11) is 1.53. The Morgan fingerprint density at radius 3 is 3.09 bits per heavy atom. The van der Waals surface area contributed by atoms with Crippen LogP contribution >= 0.6 is 0 Å². The number of carbonyl (C=O) groups is 1. The van der Waals surface area contributed by atoms with Gasteiger partial charge < -0.3 is 11.1 Å². The Labute approximate surface area is 64.4 Å². The molecule has 57 valence electrons. The van der Waals surface area contributed by atoms with Crippen molar-refractivity contribution in [2.45, 2.75) is 0 Å². The van der Waals surface area contributed by atoms with E-state index in [1.54, 1.807) is 6.07 Å². The van der Waals surface area contributed by atoms with E-state index in [0.717, 1.165) is 0 Å². The third kappa shape index (κ3) is 1.46. The molecule has 4 heteroatoms. The lowest BCUT2D eigenvalue weighted by molar-refractivity contribution is 0.0963. The van der Waals surface area contributed by atoms with Crippen LogP contribution in [0.3, 0.4) is 0 Å². The maximum atomic E-state index is 11.0. The molecule has 0 aliphatic carbocycles. The van der Waals surface area contributed by atoms with E-state index in [1.165, 1.54) is 13.2 Å². The van der Waals surface area contributed by atoms with Gasteiger partial charge in [0.1, 0.15) is 5.82 Å². The van der Waals surface area contributed by atoms with Gasteiger partial charge in [-0.3, -0.25) is 4.79 Å². The molecule has 1 rings (SSSR count). The predicted molar refractivity (Wildman–Crippen MR) is 40.9 cm³/mol. The van der Waals surface area contributed by atoms with Gasteiger partial charge in [-0.2, -0.15) is 0 Å². The van der Waals surface area contributed by atoms with Gasteiger partial charge in [-0.15, -0.1) is 0 Å². The normalized spacial score (nSPS) is 9.18. The molecular formula is C7H8N3O. The zero-order chi connectivity index (χ0) is 8.27. The van der Waals surface area contributed by atoms with Gasteiger partial charge in [-0.05, 0) is 6.07 Å². The smallest absolute Gasteiger partial charge is 0.255 e. The van der Waals surface area contributed by atoms with Crippen LogP contribution in [0.2, 0.25) is 0 Å². The molecule has 1 heterocycles. The molecule has 3 N–H and O–H groups in total. The first-order valence-electron chi connectivity index (χ1n) is 3.10. The fourth-order valence-corrected chi connectivity index (χ4v) is 0.684. The Morgan fingerprint density at radius 2 is 2.55 bits per heavy atom. The van der Waals surface area contributed by atoms with Gasteiger partial charge in [0.2, 0.25) is 0 Å². The van der Waals surface area contributed by atoms with Crippen LogP contribution in [-0.4, -0.2) is 17.9 Å². The molecule has 0 aliphatic heterocycles. The molecule has 0 bridgehead atoms. The van der Waals surface area contributed by atoms with Crippen molar-refractivity contribution in [3.63, 3.8) is 0 Å². The Balaban J connectivity index is 3.03. The van der Waals surface area contributed by atoms with Gasteiger partial charge in [0.15, 0.2) is 0 Å². The molecule has 0 saturated heterocycles. The van der Waals surface area contributed by atoms with Gasteiger partial charge in [-0.25, -0.2) is 4.98 Å². The fourth-order valence-electron chi connectivity index (χ4n) is 0.684. The van der Waals surface area contributed by atoms with E-state index < -0.39 is 0 Å². The largest absolute Gasteiger partial charge is 0.383 e. The molecule has 1 amide bonds. The minimum Gasteiger partial charge on any atom is -0.383 e. The maximum Gasteiger partial charge on any atom is 0.255 e. The van der Waals surface area contributed by atoms with Crippen LogP contribution < -0.4 is 11.1 Å². The zero-order valence-electron chi connectivity index (χ0n) is 6.09. The second-order valence-electron chi connectivity index (χ2n) is 1.93. The molecule has 0 fully saturated rings. The van der Waals surface area contributed by atoms with Crippen molar-refractivity contribution in [1.82, 2.24) is 10.3 Å². The summed E-state index contributed by atoms with van der Waals surface area (Å²) < 4.78 is 0. The topological polar surface area (TPSA) is 68.0 Å². The number of hydrogen-bond acceptors (Lipinski definition) is 3. The third-order valence-electron chi connectivity index (χ3n) is 1.23. The van der Waals surface area contributed by atoms with Crippen LogP contribution in [0, 0.1) is 6.07 Å². The molecule has 0 saturated carbocycles. The molecule has 0 unspecified atom stereocenters. The van der Waals surface area contributed by atoms with Crippen LogP contribution in [0.1, 0.15) is 10.4 Å². The van der Waals surface area contributed by atoms with Gasteiger partial charge in [-0.1, -0.05) is 0 Å². The second kappa shape index (κ2) is 3.01. The second-order valence-corrected chi connectivity index (χ2v) is 1.93. The van der Waals surface area contributed by atoms with Crippen LogP contribution in [0.25, 0.3) is 0 Å². The third-order valence-corrected chi connectivity index (χ3v) is 1.23. The Morgan fingerprint density at radius 1 is 1.82 bits per heavy atom. The first-order chi connectivity index (χ1) is 5.25. The highest BCUT2D eigenvalue weighted by molar-refractivity contribution is 5.97. The minimum absolute atomic E-state index is 0.201. The van der Waals surface area contributed by atoms with Crippen molar-refractivity contribution in [3.8, 4) is 0 Å². The molecule has 1 aromatic heterocycles. The summed E-state index contributed by atoms with van der Waals surface area (Å²) in [5, 5.41) is 2.43. The van der Waals surface area contributed by atoms with E-state index in [9.17, 15) is 4.79 Å². The lowest BCUT2D eigenvalue weighted by atomic mass is 10.2. The van der Waals surface area contributed by atoms with Crippen molar-refractivity contribution >= 4 is 11.7 Å². The first kappa shape index (κ1) is 7.53. The van der Waals surface area contributed by atoms with E-state index in [1.807, 2.05) is 0 Å². The van der Waals surface area contributed by atoms with E-state index >= 15 is 0 Å². The summed E-state index contributed by atoms with van der Waals surface area (Å²) in [6.45, 7) is 0. The molecule has 0 aliphatic rings. The summed E-state index contributed by atoms with van der Waals surface area (Å²) in [5.74, 6) is -0.0672. The summed E-state index contributed by atoms with van der Waals surface area (Å²) in [6.07, 6.45) is 1.49. The van der Waals surface area contributed by atoms with E-state index in [-0.39, 0.29) is 17.3 Å². The van der Waals surface area contributed by atoms with Gasteiger partial charge in [0, 0.05) is 19.3 Å². The molecule has 0 aromatic carbocycles. The van der Waals surface area contributed by atoms with Gasteiger partial charge >= 0.3 is 0 Å². The first-order valence-corrected chi connectivity index (χ1v) is 3.10. The molecule has 1 radical (unpaired) electrons. The number of hydrogen-bond donors (Lipinski definition) is 2. The monoisotopic (exact) mass is 150 g/mol. The number of anilines is 1. The van der Waals surface area contributed by atoms with Crippen LogP contribution in [-0.2, 0) is 0 Å². The molecular weight excluding hydrogens is 142 g/mol. The summed E-state index contributed by atoms with van der Waals surface area (Å²) in [4.78, 5) is 14.7. The van der Waals surface area contributed by atoms with Crippen molar-refractivity contribution < 1.29 is 4.79 Å². The van der Waals surface area contributed by atoms with Gasteiger partial charge in [0.05, 0.1) is 5.56 Å². The number of carbonyl (C=O) groups excluding carboxylic acids is 1. The molecule has 11 heavy (non-hydrogen) atoms.